The van der Waals surface area contributed by atoms with Crippen LogP contribution in [0.25, 0.3) is 66.1 Å². The van der Waals surface area contributed by atoms with Crippen LogP contribution in [0, 0.1) is 41.5 Å². The zero-order valence-corrected chi connectivity index (χ0v) is 55.2. The van der Waals surface area contributed by atoms with Gasteiger partial charge in [0.15, 0.2) is 11.4 Å². The second-order valence-corrected chi connectivity index (χ2v) is 36.6. The van der Waals surface area contributed by atoms with Crippen molar-refractivity contribution in [3.63, 3.8) is 0 Å². The van der Waals surface area contributed by atoms with Crippen LogP contribution in [0.15, 0.2) is 45.7 Å². The van der Waals surface area contributed by atoms with Crippen molar-refractivity contribution in [3.8, 4) is 33.8 Å². The number of alkyl halides is 6. The van der Waals surface area contributed by atoms with Crippen LogP contribution in [-0.2, 0) is 153 Å². The van der Waals surface area contributed by atoms with Gasteiger partial charge in [-0.3, -0.25) is 9.36 Å². The molecule has 17 nitrogen and oxygen atoms in total. The first-order valence-corrected chi connectivity index (χ1v) is 39.1. The molecule has 0 fully saturated rings. The van der Waals surface area contributed by atoms with Crippen LogP contribution < -0.4 is 15.2 Å². The Morgan fingerprint density at radius 2 is 1.04 bits per heavy atom. The molecule has 0 saturated carbocycles. The molecule has 10 rings (SSSR count). The molecule has 2 aromatic carbocycles. The third-order valence-corrected chi connectivity index (χ3v) is 33.8. The SMILES string of the molecule is C.COc1cc2c(cc1-c1c(C)noc1C)[nH]c1nc(C)nc(Cc3cn(C)nc3C(F)(F)F)c12.COc1cc2c(cc1-c1c(C)noc1C)[nH]c1nc(C)nc(Cl)c12.Cn1cc(N)c(C(F)(F)F)n1.S=S=S=S=S=S=S=S=S=S=S=S=S. The van der Waals surface area contributed by atoms with Gasteiger partial charge in [0.25, 0.3) is 0 Å². The van der Waals surface area contributed by atoms with Crippen molar-refractivity contribution in [1.29, 1.82) is 0 Å². The number of nitrogens with zero attached hydrogens (tertiary/aromatic N) is 10. The molecule has 0 unspecified atom stereocenters. The van der Waals surface area contributed by atoms with E-state index in [1.807, 2.05) is 58.9 Å². The van der Waals surface area contributed by atoms with E-state index in [1.165, 1.54) is 38.1 Å². The predicted molar refractivity (Wildman–Crippen MR) is 346 cm³/mol. The molecule has 446 valence electrons. The van der Waals surface area contributed by atoms with Crippen molar-refractivity contribution >= 4 is 181 Å². The van der Waals surface area contributed by atoms with Crippen molar-refractivity contribution < 1.29 is 44.9 Å². The van der Waals surface area contributed by atoms with Gasteiger partial charge in [-0.1, -0.05) is 29.3 Å². The zero-order valence-electron chi connectivity index (χ0n) is 43.8. The average molecular weight is 1410 g/mol. The number of methoxy groups -OCH3 is 2. The molecule has 0 aliphatic heterocycles. The second-order valence-electron chi connectivity index (χ2n) is 16.8. The molecule has 37 heteroatoms. The van der Waals surface area contributed by atoms with Gasteiger partial charge in [0.2, 0.25) is 0 Å². The smallest absolute Gasteiger partial charge is 0.437 e. The van der Waals surface area contributed by atoms with Gasteiger partial charge in [-0.2, -0.15) is 36.5 Å². The first-order valence-electron chi connectivity index (χ1n) is 22.7. The summed E-state index contributed by atoms with van der Waals surface area (Å²) in [6.07, 6.45) is -6.58. The number of hydrogen-bond acceptors (Lipinski definition) is 15. The van der Waals surface area contributed by atoms with Gasteiger partial charge in [-0.25, -0.2) is 19.9 Å². The lowest BCUT2D eigenvalue weighted by atomic mass is 9.99. The summed E-state index contributed by atoms with van der Waals surface area (Å²) in [5.41, 5.74) is 11.1. The van der Waals surface area contributed by atoms with E-state index in [4.69, 9.17) is 58.2 Å². The van der Waals surface area contributed by atoms with Gasteiger partial charge in [-0.05, 0) is 65.8 Å². The van der Waals surface area contributed by atoms with E-state index in [9.17, 15) is 26.3 Å². The first-order chi connectivity index (χ1) is 38.9. The Hall–Kier alpha value is -4.83. The Morgan fingerprint density at radius 1 is 0.614 bits per heavy atom. The quantitative estimate of drug-likeness (QED) is 0.104. The van der Waals surface area contributed by atoms with Gasteiger partial charge in [0.1, 0.15) is 51.1 Å². The molecular weight excluding hydrogens is 1360 g/mol. The summed E-state index contributed by atoms with van der Waals surface area (Å²) in [6.45, 7) is 11.0. The number of rotatable bonds is 6. The largest absolute Gasteiger partial charge is 0.496 e. The molecule has 0 aliphatic carbocycles. The number of aromatic nitrogens is 12. The molecule has 0 saturated heterocycles. The Kier molecular flexibility index (Phi) is 23.9. The molecule has 0 bridgehead atoms. The van der Waals surface area contributed by atoms with E-state index >= 15 is 0 Å². The van der Waals surface area contributed by atoms with Gasteiger partial charge >= 0.3 is 12.4 Å². The Morgan fingerprint density at radius 3 is 1.43 bits per heavy atom. The summed E-state index contributed by atoms with van der Waals surface area (Å²) in [6, 6.07) is 7.70. The number of benzene rings is 2. The van der Waals surface area contributed by atoms with Crippen LogP contribution in [0.5, 0.6) is 11.5 Å². The van der Waals surface area contributed by atoms with E-state index in [0.29, 0.717) is 50.7 Å². The van der Waals surface area contributed by atoms with Gasteiger partial charge in [-0.15, -0.1) is 0 Å². The fourth-order valence-electron chi connectivity index (χ4n) is 8.41. The van der Waals surface area contributed by atoms with Crippen molar-refractivity contribution in [2.45, 2.75) is 67.7 Å². The third kappa shape index (κ3) is 16.4. The number of aryl methyl sites for hydroxylation is 8. The molecule has 0 radical (unpaired) electrons. The maximum atomic E-state index is 13.5. The molecule has 0 atom stereocenters. The van der Waals surface area contributed by atoms with Gasteiger partial charge < -0.3 is 34.2 Å². The van der Waals surface area contributed by atoms with Crippen LogP contribution in [0.4, 0.5) is 32.0 Å². The summed E-state index contributed by atoms with van der Waals surface area (Å²) in [7, 11) is 24.1. The number of anilines is 1. The molecular formula is C46H46ClF6N13O4S13. The number of nitrogens with two attached hydrogens (primary N) is 1. The second kappa shape index (κ2) is 29.5. The zero-order chi connectivity index (χ0) is 59.8. The van der Waals surface area contributed by atoms with Crippen molar-refractivity contribution in [2.75, 3.05) is 20.0 Å². The monoisotopic (exact) mass is 1410 g/mol. The highest BCUT2D eigenvalue weighted by Gasteiger charge is 2.38. The molecule has 0 amide bonds. The number of hydrogen-bond donors (Lipinski definition) is 3. The van der Waals surface area contributed by atoms with E-state index in [2.05, 4.69) is 50.4 Å². The minimum atomic E-state index is -4.57. The molecule has 8 heterocycles. The number of ether oxygens (including phenoxy) is 2. The van der Waals surface area contributed by atoms with E-state index in [-0.39, 0.29) is 25.1 Å². The Balaban J connectivity index is 0.000000196. The minimum absolute atomic E-state index is 0. The summed E-state index contributed by atoms with van der Waals surface area (Å²) in [4.78, 5) is 24.3. The maximum Gasteiger partial charge on any atom is 0.437 e. The van der Waals surface area contributed by atoms with Crippen molar-refractivity contribution in [1.82, 2.24) is 59.8 Å². The third-order valence-electron chi connectivity index (χ3n) is 11.3. The van der Waals surface area contributed by atoms with Gasteiger partial charge in [0, 0.05) is 197 Å². The van der Waals surface area contributed by atoms with E-state index in [1.54, 1.807) is 101 Å². The lowest BCUT2D eigenvalue weighted by molar-refractivity contribution is -0.142. The fraction of sp³-hybridized carbons (Fsp3) is 0.304. The lowest BCUT2D eigenvalue weighted by Gasteiger charge is -2.10. The molecule has 83 heavy (non-hydrogen) atoms. The lowest BCUT2D eigenvalue weighted by Crippen LogP contribution is -2.10. The molecule has 0 aliphatic rings. The fourth-order valence-corrected chi connectivity index (χ4v) is 33.4. The number of H-pyrrole nitrogens is 2. The maximum absolute atomic E-state index is 13.5. The number of fused-ring (bicyclic) bond motifs is 6. The molecule has 8 aromatic heterocycles. The highest BCUT2D eigenvalue weighted by molar-refractivity contribution is 8.75. The van der Waals surface area contributed by atoms with E-state index in [0.717, 1.165) is 87.9 Å². The molecule has 10 aromatic rings. The minimum Gasteiger partial charge on any atom is -0.496 e. The van der Waals surface area contributed by atoms with Crippen LogP contribution in [-0.4, -0.2) is 74.0 Å². The van der Waals surface area contributed by atoms with Crippen LogP contribution in [0.3, 0.4) is 0 Å². The topological polar surface area (TPSA) is 215 Å². The molecule has 0 spiro atoms. The standard InChI is InChI=1S/C23H21F3N6O2.C17H15ClN4O2.C5H6F3N3.CH4.S13/c1-10-19(11(2)34-31-10)15-7-16-14(8-18(15)33-5)20-17(27-12(3)28-22(20)29-16)6-13-9-32(4)30-21(13)23(24,25)26;1-7-14(8(2)24-22-7)11-5-12-10(6-13(11)23-4)15-16(18)19-9(3)20-17(15)21-12;1-11-2-3(9)4(10-11)5(6,7)8;;1-3-5-7-9-11-13-12-10-8-6-4-2/h7-9H,6H2,1-5H3,(H,27,28,29);5-6H,1-4H3,(H,19,20,21);2H,9H2,1H3;1H4;. The van der Waals surface area contributed by atoms with Crippen LogP contribution in [0.2, 0.25) is 5.15 Å². The number of aromatic amines is 2. The summed E-state index contributed by atoms with van der Waals surface area (Å²) in [5.74, 6) is 3.76. The highest BCUT2D eigenvalue weighted by atomic mass is 35.5. The Labute approximate surface area is 515 Å². The Bertz CT molecular complexity index is 4520. The van der Waals surface area contributed by atoms with Crippen molar-refractivity contribution in [2.24, 2.45) is 14.1 Å². The summed E-state index contributed by atoms with van der Waals surface area (Å²) >= 11 is 15.7. The summed E-state index contributed by atoms with van der Waals surface area (Å²) < 4.78 is 100. The number of nitrogens with one attached hydrogen (secondary N) is 2. The number of halogens is 7. The van der Waals surface area contributed by atoms with E-state index < -0.39 is 23.7 Å². The van der Waals surface area contributed by atoms with Crippen LogP contribution >= 0.6 is 11.6 Å². The average Bonchev–Trinajstić information content (AvgIpc) is 2.28. The van der Waals surface area contributed by atoms with Crippen molar-refractivity contribution in [3.05, 3.63) is 99.0 Å². The highest BCUT2D eigenvalue weighted by Crippen LogP contribution is 2.43. The van der Waals surface area contributed by atoms with Gasteiger partial charge in [0.05, 0.1) is 53.5 Å². The normalized spacial score (nSPS) is 11.0. The summed E-state index contributed by atoms with van der Waals surface area (Å²) in [5, 5.41) is 18.4. The predicted octanol–water partition coefficient (Wildman–Crippen LogP) is 11.0. The van der Waals surface area contributed by atoms with Crippen LogP contribution in [0.1, 0.15) is 64.6 Å². The molecule has 4 N–H and O–H groups in total. The number of nitrogen functional groups attached to an aromatic ring is 1. The first kappa shape index (κ1) is 67.3.